The van der Waals surface area contributed by atoms with Crippen molar-refractivity contribution in [1.29, 1.82) is 0 Å². The third-order valence-corrected chi connectivity index (χ3v) is 2.83. The summed E-state index contributed by atoms with van der Waals surface area (Å²) in [5.74, 6) is 0.161. The van der Waals surface area contributed by atoms with E-state index in [4.69, 9.17) is 4.74 Å². The SMILES string of the molecule is CCCOCC(=O)Cc1c(C)cc(C)cc1C. The highest BCUT2D eigenvalue weighted by atomic mass is 16.5. The molecule has 0 spiro atoms. The number of ketones is 1. The van der Waals surface area contributed by atoms with Gasteiger partial charge in [0, 0.05) is 13.0 Å². The van der Waals surface area contributed by atoms with Crippen LogP contribution in [0.4, 0.5) is 0 Å². The Morgan fingerprint density at radius 1 is 1.18 bits per heavy atom. The molecular formula is C15H22O2. The molecule has 0 radical (unpaired) electrons. The van der Waals surface area contributed by atoms with Crippen molar-refractivity contribution in [3.8, 4) is 0 Å². The van der Waals surface area contributed by atoms with Crippen molar-refractivity contribution in [2.45, 2.75) is 40.5 Å². The molecule has 0 aromatic heterocycles. The molecule has 0 fully saturated rings. The van der Waals surface area contributed by atoms with Gasteiger partial charge in [0.1, 0.15) is 6.61 Å². The lowest BCUT2D eigenvalue weighted by atomic mass is 9.96. The van der Waals surface area contributed by atoms with E-state index in [0.717, 1.165) is 12.0 Å². The van der Waals surface area contributed by atoms with Gasteiger partial charge in [-0.3, -0.25) is 4.79 Å². The van der Waals surface area contributed by atoms with Crippen molar-refractivity contribution >= 4 is 5.78 Å². The molecule has 0 N–H and O–H groups in total. The zero-order valence-electron chi connectivity index (χ0n) is 11.3. The molecule has 1 rings (SSSR count). The molecule has 0 amide bonds. The van der Waals surface area contributed by atoms with E-state index in [1.54, 1.807) is 0 Å². The number of benzene rings is 1. The molecule has 94 valence electrons. The summed E-state index contributed by atoms with van der Waals surface area (Å²) in [4.78, 5) is 11.8. The molecule has 0 aliphatic rings. The van der Waals surface area contributed by atoms with E-state index in [0.29, 0.717) is 13.0 Å². The molecule has 0 heterocycles. The standard InChI is InChI=1S/C15H22O2/c1-5-6-17-10-14(16)9-15-12(3)7-11(2)8-13(15)4/h7-8H,5-6,9-10H2,1-4H3. The fourth-order valence-electron chi connectivity index (χ4n) is 2.07. The first kappa shape index (κ1) is 13.9. The van der Waals surface area contributed by atoms with Gasteiger partial charge in [-0.25, -0.2) is 0 Å². The van der Waals surface area contributed by atoms with Crippen LogP contribution in [0.25, 0.3) is 0 Å². The van der Waals surface area contributed by atoms with Gasteiger partial charge in [-0.1, -0.05) is 24.6 Å². The lowest BCUT2D eigenvalue weighted by molar-refractivity contribution is -0.122. The molecule has 0 bridgehead atoms. The maximum atomic E-state index is 11.8. The van der Waals surface area contributed by atoms with Gasteiger partial charge in [-0.05, 0) is 43.9 Å². The number of hydrogen-bond acceptors (Lipinski definition) is 2. The second-order valence-electron chi connectivity index (χ2n) is 4.65. The molecule has 0 unspecified atom stereocenters. The van der Waals surface area contributed by atoms with Crippen molar-refractivity contribution in [1.82, 2.24) is 0 Å². The van der Waals surface area contributed by atoms with E-state index >= 15 is 0 Å². The second-order valence-corrected chi connectivity index (χ2v) is 4.65. The fraction of sp³-hybridized carbons (Fsp3) is 0.533. The highest BCUT2D eigenvalue weighted by molar-refractivity contribution is 5.82. The Morgan fingerprint density at radius 2 is 1.76 bits per heavy atom. The number of ether oxygens (including phenoxy) is 1. The van der Waals surface area contributed by atoms with Crippen LogP contribution in [0.1, 0.15) is 35.6 Å². The molecular weight excluding hydrogens is 212 g/mol. The average molecular weight is 234 g/mol. The maximum Gasteiger partial charge on any atom is 0.162 e. The van der Waals surface area contributed by atoms with Gasteiger partial charge < -0.3 is 4.74 Å². The van der Waals surface area contributed by atoms with Gasteiger partial charge in [-0.2, -0.15) is 0 Å². The fourth-order valence-corrected chi connectivity index (χ4v) is 2.07. The summed E-state index contributed by atoms with van der Waals surface area (Å²) in [5, 5.41) is 0. The first-order valence-electron chi connectivity index (χ1n) is 6.20. The molecule has 0 aliphatic heterocycles. The Bertz CT molecular complexity index is 371. The summed E-state index contributed by atoms with van der Waals surface area (Å²) in [6.45, 7) is 9.15. The molecule has 17 heavy (non-hydrogen) atoms. The summed E-state index contributed by atoms with van der Waals surface area (Å²) in [5.41, 5.74) is 4.80. The van der Waals surface area contributed by atoms with E-state index in [-0.39, 0.29) is 12.4 Å². The van der Waals surface area contributed by atoms with Crippen LogP contribution in [0, 0.1) is 20.8 Å². The predicted octanol–water partition coefficient (Wildman–Crippen LogP) is 3.15. The molecule has 1 aromatic rings. The first-order chi connectivity index (χ1) is 8.04. The zero-order valence-corrected chi connectivity index (χ0v) is 11.3. The molecule has 1 aromatic carbocycles. The summed E-state index contributed by atoms with van der Waals surface area (Å²) in [6.07, 6.45) is 1.44. The van der Waals surface area contributed by atoms with Gasteiger partial charge in [-0.15, -0.1) is 0 Å². The molecule has 2 heteroatoms. The molecule has 0 atom stereocenters. The number of carbonyl (C=O) groups excluding carboxylic acids is 1. The van der Waals surface area contributed by atoms with Crippen LogP contribution >= 0.6 is 0 Å². The topological polar surface area (TPSA) is 26.3 Å². The minimum atomic E-state index is 0.161. The second kappa shape index (κ2) is 6.55. The van der Waals surface area contributed by atoms with E-state index in [1.165, 1.54) is 16.7 Å². The van der Waals surface area contributed by atoms with Crippen molar-refractivity contribution in [3.63, 3.8) is 0 Å². The van der Waals surface area contributed by atoms with Crippen molar-refractivity contribution in [3.05, 3.63) is 34.4 Å². The number of carbonyl (C=O) groups is 1. The lowest BCUT2D eigenvalue weighted by Crippen LogP contribution is -2.13. The Morgan fingerprint density at radius 3 is 2.29 bits per heavy atom. The normalized spacial score (nSPS) is 10.6. The van der Waals surface area contributed by atoms with Crippen molar-refractivity contribution in [2.24, 2.45) is 0 Å². The van der Waals surface area contributed by atoms with E-state index in [2.05, 4.69) is 32.9 Å². The van der Waals surface area contributed by atoms with Crippen LogP contribution in [0.3, 0.4) is 0 Å². The Hall–Kier alpha value is -1.15. The number of hydrogen-bond donors (Lipinski definition) is 0. The number of rotatable bonds is 6. The summed E-state index contributed by atoms with van der Waals surface area (Å²) in [7, 11) is 0. The number of Topliss-reactive ketones (excluding diaryl/α,β-unsaturated/α-hetero) is 1. The van der Waals surface area contributed by atoms with Crippen molar-refractivity contribution < 1.29 is 9.53 Å². The number of aryl methyl sites for hydroxylation is 3. The van der Waals surface area contributed by atoms with Crippen LogP contribution in [-0.2, 0) is 16.0 Å². The Labute approximate surface area is 104 Å². The largest absolute Gasteiger partial charge is 0.374 e. The van der Waals surface area contributed by atoms with Gasteiger partial charge in [0.05, 0.1) is 0 Å². The highest BCUT2D eigenvalue weighted by Crippen LogP contribution is 2.17. The molecule has 2 nitrogen and oxygen atoms in total. The molecule has 0 saturated heterocycles. The third-order valence-electron chi connectivity index (χ3n) is 2.83. The average Bonchev–Trinajstić information content (AvgIpc) is 2.24. The van der Waals surface area contributed by atoms with Crippen LogP contribution in [0.15, 0.2) is 12.1 Å². The van der Waals surface area contributed by atoms with E-state index < -0.39 is 0 Å². The Kier molecular flexibility index (Phi) is 5.36. The van der Waals surface area contributed by atoms with Crippen LogP contribution in [-0.4, -0.2) is 19.0 Å². The van der Waals surface area contributed by atoms with Gasteiger partial charge >= 0.3 is 0 Å². The monoisotopic (exact) mass is 234 g/mol. The highest BCUT2D eigenvalue weighted by Gasteiger charge is 2.09. The summed E-state index contributed by atoms with van der Waals surface area (Å²) >= 11 is 0. The van der Waals surface area contributed by atoms with Gasteiger partial charge in [0.2, 0.25) is 0 Å². The third kappa shape index (κ3) is 4.31. The van der Waals surface area contributed by atoms with Gasteiger partial charge in [0.25, 0.3) is 0 Å². The van der Waals surface area contributed by atoms with Crippen LogP contribution in [0.2, 0.25) is 0 Å². The smallest absolute Gasteiger partial charge is 0.162 e. The molecule has 0 saturated carbocycles. The first-order valence-corrected chi connectivity index (χ1v) is 6.20. The summed E-state index contributed by atoms with van der Waals surface area (Å²) in [6, 6.07) is 4.25. The van der Waals surface area contributed by atoms with Gasteiger partial charge in [0.15, 0.2) is 5.78 Å². The maximum absolute atomic E-state index is 11.8. The molecule has 0 aliphatic carbocycles. The minimum absolute atomic E-state index is 0.161. The Balaban J connectivity index is 2.65. The van der Waals surface area contributed by atoms with Crippen LogP contribution in [0.5, 0.6) is 0 Å². The minimum Gasteiger partial charge on any atom is -0.374 e. The van der Waals surface area contributed by atoms with E-state index in [9.17, 15) is 4.79 Å². The van der Waals surface area contributed by atoms with Crippen molar-refractivity contribution in [2.75, 3.05) is 13.2 Å². The lowest BCUT2D eigenvalue weighted by Gasteiger charge is -2.10. The van der Waals surface area contributed by atoms with E-state index in [1.807, 2.05) is 6.92 Å². The zero-order chi connectivity index (χ0) is 12.8. The predicted molar refractivity (Wildman–Crippen MR) is 70.5 cm³/mol. The summed E-state index contributed by atoms with van der Waals surface area (Å²) < 4.78 is 5.27. The quantitative estimate of drug-likeness (QED) is 0.707. The van der Waals surface area contributed by atoms with Crippen LogP contribution < -0.4 is 0 Å².